The lowest BCUT2D eigenvalue weighted by Gasteiger charge is -2.14. The van der Waals surface area contributed by atoms with Crippen LogP contribution in [0.3, 0.4) is 0 Å². The van der Waals surface area contributed by atoms with Crippen molar-refractivity contribution in [2.75, 3.05) is 0 Å². The Morgan fingerprint density at radius 2 is 1.93 bits per heavy atom. The van der Waals surface area contributed by atoms with Crippen molar-refractivity contribution in [1.82, 2.24) is 25.1 Å². The molecule has 0 unspecified atom stereocenters. The molecule has 1 amide bonds. The van der Waals surface area contributed by atoms with Gasteiger partial charge in [0.1, 0.15) is 18.3 Å². The summed E-state index contributed by atoms with van der Waals surface area (Å²) in [5, 5.41) is 9.87. The SMILES string of the molecule is C[C@H](NC(=O)c1csc(Cc2ccccc2)n1)c1ccc(-n2cncn2)cc1. The molecule has 0 saturated heterocycles. The quantitative estimate of drug-likeness (QED) is 0.544. The number of nitrogens with one attached hydrogen (secondary N) is 1. The highest BCUT2D eigenvalue weighted by molar-refractivity contribution is 7.09. The van der Waals surface area contributed by atoms with E-state index in [0.717, 1.165) is 22.7 Å². The lowest BCUT2D eigenvalue weighted by molar-refractivity contribution is 0.0935. The van der Waals surface area contributed by atoms with Gasteiger partial charge in [0.2, 0.25) is 0 Å². The molecule has 140 valence electrons. The first-order valence-electron chi connectivity index (χ1n) is 8.93. The Morgan fingerprint density at radius 3 is 2.64 bits per heavy atom. The van der Waals surface area contributed by atoms with E-state index in [-0.39, 0.29) is 11.9 Å². The first kappa shape index (κ1) is 18.1. The average molecular weight is 389 g/mol. The lowest BCUT2D eigenvalue weighted by Crippen LogP contribution is -2.27. The zero-order valence-electron chi connectivity index (χ0n) is 15.3. The Labute approximate surface area is 166 Å². The van der Waals surface area contributed by atoms with Crippen molar-refractivity contribution in [2.24, 2.45) is 0 Å². The van der Waals surface area contributed by atoms with E-state index < -0.39 is 0 Å². The largest absolute Gasteiger partial charge is 0.344 e. The van der Waals surface area contributed by atoms with Gasteiger partial charge < -0.3 is 5.32 Å². The normalized spacial score (nSPS) is 11.9. The molecule has 4 aromatic rings. The smallest absolute Gasteiger partial charge is 0.271 e. The fourth-order valence-electron chi connectivity index (χ4n) is 2.88. The molecule has 0 fully saturated rings. The highest BCUT2D eigenvalue weighted by Gasteiger charge is 2.15. The topological polar surface area (TPSA) is 72.7 Å². The van der Waals surface area contributed by atoms with Crippen LogP contribution in [0, 0.1) is 0 Å². The summed E-state index contributed by atoms with van der Waals surface area (Å²) in [5.41, 5.74) is 3.58. The molecular formula is C21H19N5OS. The lowest BCUT2D eigenvalue weighted by atomic mass is 10.1. The molecular weight excluding hydrogens is 370 g/mol. The predicted octanol–water partition coefficient (Wildman–Crippen LogP) is 3.81. The summed E-state index contributed by atoms with van der Waals surface area (Å²) in [6, 6.07) is 17.9. The number of thiazole rings is 1. The average Bonchev–Trinajstić information content (AvgIpc) is 3.41. The molecule has 2 aromatic carbocycles. The second kappa shape index (κ2) is 8.14. The van der Waals surface area contributed by atoms with Gasteiger partial charge >= 0.3 is 0 Å². The number of benzene rings is 2. The zero-order chi connectivity index (χ0) is 19.3. The van der Waals surface area contributed by atoms with Crippen LogP contribution in [0.25, 0.3) is 5.69 Å². The van der Waals surface area contributed by atoms with Crippen molar-refractivity contribution in [2.45, 2.75) is 19.4 Å². The Kier molecular flexibility index (Phi) is 5.25. The van der Waals surface area contributed by atoms with Crippen molar-refractivity contribution in [1.29, 1.82) is 0 Å². The van der Waals surface area contributed by atoms with Gasteiger partial charge in [0.05, 0.1) is 16.7 Å². The molecule has 2 heterocycles. The van der Waals surface area contributed by atoms with Crippen molar-refractivity contribution < 1.29 is 4.79 Å². The van der Waals surface area contributed by atoms with E-state index in [1.54, 1.807) is 11.0 Å². The van der Waals surface area contributed by atoms with E-state index >= 15 is 0 Å². The highest BCUT2D eigenvalue weighted by Crippen LogP contribution is 2.18. The van der Waals surface area contributed by atoms with Gasteiger partial charge in [-0.05, 0) is 30.2 Å². The molecule has 0 aliphatic carbocycles. The molecule has 0 aliphatic heterocycles. The van der Waals surface area contributed by atoms with Gasteiger partial charge in [0.15, 0.2) is 0 Å². The van der Waals surface area contributed by atoms with Crippen LogP contribution in [0.2, 0.25) is 0 Å². The summed E-state index contributed by atoms with van der Waals surface area (Å²) >= 11 is 1.51. The van der Waals surface area contributed by atoms with E-state index in [4.69, 9.17) is 0 Å². The molecule has 6 nitrogen and oxygen atoms in total. The third-order valence-electron chi connectivity index (χ3n) is 4.41. The van der Waals surface area contributed by atoms with E-state index in [1.165, 1.54) is 23.2 Å². The van der Waals surface area contributed by atoms with Gasteiger partial charge in [-0.25, -0.2) is 14.6 Å². The van der Waals surface area contributed by atoms with Crippen LogP contribution in [0.4, 0.5) is 0 Å². The van der Waals surface area contributed by atoms with E-state index in [0.29, 0.717) is 5.69 Å². The molecule has 7 heteroatoms. The van der Waals surface area contributed by atoms with Gasteiger partial charge in [-0.3, -0.25) is 4.79 Å². The number of aromatic nitrogens is 4. The fourth-order valence-corrected chi connectivity index (χ4v) is 3.69. The molecule has 1 atom stereocenters. The minimum atomic E-state index is -0.164. The first-order chi connectivity index (χ1) is 13.7. The van der Waals surface area contributed by atoms with Crippen LogP contribution in [0.1, 0.15) is 39.6 Å². The van der Waals surface area contributed by atoms with Crippen LogP contribution in [0.5, 0.6) is 0 Å². The van der Waals surface area contributed by atoms with Crippen molar-refractivity contribution in [3.05, 3.63) is 94.5 Å². The maximum Gasteiger partial charge on any atom is 0.271 e. The zero-order valence-corrected chi connectivity index (χ0v) is 16.1. The Bertz CT molecular complexity index is 1040. The number of hydrogen-bond donors (Lipinski definition) is 1. The maximum atomic E-state index is 12.6. The molecule has 2 aromatic heterocycles. The second-order valence-corrected chi connectivity index (χ2v) is 7.36. The predicted molar refractivity (Wildman–Crippen MR) is 109 cm³/mol. The second-order valence-electron chi connectivity index (χ2n) is 6.42. The summed E-state index contributed by atoms with van der Waals surface area (Å²) in [6.07, 6.45) is 3.88. The summed E-state index contributed by atoms with van der Waals surface area (Å²) in [5.74, 6) is -0.164. The minimum absolute atomic E-state index is 0.128. The Hall–Kier alpha value is -3.32. The molecule has 0 radical (unpaired) electrons. The third kappa shape index (κ3) is 4.15. The van der Waals surface area contributed by atoms with Crippen LogP contribution < -0.4 is 5.32 Å². The van der Waals surface area contributed by atoms with Crippen molar-refractivity contribution >= 4 is 17.2 Å². The van der Waals surface area contributed by atoms with Crippen LogP contribution in [-0.2, 0) is 6.42 Å². The third-order valence-corrected chi connectivity index (χ3v) is 5.26. The molecule has 4 rings (SSSR count). The Morgan fingerprint density at radius 1 is 1.14 bits per heavy atom. The molecule has 0 aliphatic rings. The van der Waals surface area contributed by atoms with Gasteiger partial charge in [0.25, 0.3) is 5.91 Å². The van der Waals surface area contributed by atoms with Crippen LogP contribution in [-0.4, -0.2) is 25.7 Å². The van der Waals surface area contributed by atoms with Gasteiger partial charge in [-0.1, -0.05) is 42.5 Å². The molecule has 0 bridgehead atoms. The summed E-state index contributed by atoms with van der Waals surface area (Å²) in [7, 11) is 0. The number of nitrogens with zero attached hydrogens (tertiary/aromatic N) is 4. The van der Waals surface area contributed by atoms with Gasteiger partial charge in [-0.15, -0.1) is 11.3 Å². The monoisotopic (exact) mass is 389 g/mol. The minimum Gasteiger partial charge on any atom is -0.344 e. The van der Waals surface area contributed by atoms with Gasteiger partial charge in [0, 0.05) is 11.8 Å². The summed E-state index contributed by atoms with van der Waals surface area (Å²) < 4.78 is 1.69. The molecule has 0 saturated carbocycles. The number of rotatable bonds is 6. The van der Waals surface area contributed by atoms with E-state index in [1.807, 2.05) is 54.8 Å². The molecule has 0 spiro atoms. The summed E-state index contributed by atoms with van der Waals surface area (Å²) in [4.78, 5) is 21.0. The standard InChI is InChI=1S/C21H19N5OS/c1-15(17-7-9-18(10-8-17)26-14-22-13-23-26)24-21(27)19-12-28-20(25-19)11-16-5-3-2-4-6-16/h2-10,12-15H,11H2,1H3,(H,24,27)/t15-/m0/s1. The highest BCUT2D eigenvalue weighted by atomic mass is 32.1. The molecule has 1 N–H and O–H groups in total. The van der Waals surface area contributed by atoms with Crippen molar-refractivity contribution in [3.63, 3.8) is 0 Å². The number of carbonyl (C=O) groups is 1. The first-order valence-corrected chi connectivity index (χ1v) is 9.81. The van der Waals surface area contributed by atoms with Crippen LogP contribution in [0.15, 0.2) is 72.6 Å². The Balaban J connectivity index is 1.39. The fraction of sp³-hybridized carbons (Fsp3) is 0.143. The maximum absolute atomic E-state index is 12.6. The van der Waals surface area contributed by atoms with Gasteiger partial charge in [-0.2, -0.15) is 5.10 Å². The number of carbonyl (C=O) groups excluding carboxylic acids is 1. The number of hydrogen-bond acceptors (Lipinski definition) is 5. The summed E-state index contributed by atoms with van der Waals surface area (Å²) in [6.45, 7) is 1.96. The van der Waals surface area contributed by atoms with E-state index in [2.05, 4.69) is 32.5 Å². The molecule has 28 heavy (non-hydrogen) atoms. The van der Waals surface area contributed by atoms with Crippen LogP contribution >= 0.6 is 11.3 Å². The number of amides is 1. The van der Waals surface area contributed by atoms with Crippen molar-refractivity contribution in [3.8, 4) is 5.69 Å². The van der Waals surface area contributed by atoms with E-state index in [9.17, 15) is 4.79 Å².